The molecule has 0 radical (unpaired) electrons. The first-order chi connectivity index (χ1) is 12.0. The Morgan fingerprint density at radius 2 is 1.68 bits per heavy atom. The van der Waals surface area contributed by atoms with Crippen LogP contribution in [0.2, 0.25) is 0 Å². The molecule has 2 aliphatic rings. The van der Waals surface area contributed by atoms with E-state index in [1.165, 1.54) is 19.3 Å². The standard InChI is InChI=1S/C19H36N4O2/c1-4-15(2)20-18(24)14-22-10-12-23(13-11-22)16(3)19(25)21-17-8-6-5-7-9-17/h15-17H,4-14H2,1-3H3,(H,20,24)(H,21,25). The fourth-order valence-corrected chi connectivity index (χ4v) is 3.67. The van der Waals surface area contributed by atoms with Crippen LogP contribution in [0.15, 0.2) is 0 Å². The van der Waals surface area contributed by atoms with E-state index in [1.807, 2.05) is 13.8 Å². The molecule has 25 heavy (non-hydrogen) atoms. The van der Waals surface area contributed by atoms with Crippen LogP contribution in [0.4, 0.5) is 0 Å². The van der Waals surface area contributed by atoms with Gasteiger partial charge in [0.05, 0.1) is 12.6 Å². The Bertz CT molecular complexity index is 429. The van der Waals surface area contributed by atoms with Gasteiger partial charge in [-0.2, -0.15) is 0 Å². The van der Waals surface area contributed by atoms with Crippen LogP contribution < -0.4 is 10.6 Å². The van der Waals surface area contributed by atoms with Crippen molar-refractivity contribution in [3.63, 3.8) is 0 Å². The molecule has 1 saturated carbocycles. The Kier molecular flexibility index (Phi) is 8.16. The number of hydrogen-bond acceptors (Lipinski definition) is 4. The summed E-state index contributed by atoms with van der Waals surface area (Å²) in [4.78, 5) is 28.9. The molecule has 1 saturated heterocycles. The van der Waals surface area contributed by atoms with Gasteiger partial charge in [-0.1, -0.05) is 26.2 Å². The topological polar surface area (TPSA) is 64.7 Å². The largest absolute Gasteiger partial charge is 0.353 e. The number of nitrogens with one attached hydrogen (secondary N) is 2. The van der Waals surface area contributed by atoms with Gasteiger partial charge in [-0.3, -0.25) is 19.4 Å². The van der Waals surface area contributed by atoms with Crippen LogP contribution in [0, 0.1) is 0 Å². The maximum absolute atomic E-state index is 12.5. The first-order valence-corrected chi connectivity index (χ1v) is 10.1. The highest BCUT2D eigenvalue weighted by molar-refractivity contribution is 5.81. The Morgan fingerprint density at radius 3 is 2.28 bits per heavy atom. The van der Waals surface area contributed by atoms with E-state index < -0.39 is 0 Å². The number of amides is 2. The molecular formula is C19H36N4O2. The smallest absolute Gasteiger partial charge is 0.237 e. The molecule has 0 aromatic heterocycles. The molecule has 1 aliphatic carbocycles. The van der Waals surface area contributed by atoms with Gasteiger partial charge in [-0.15, -0.1) is 0 Å². The lowest BCUT2D eigenvalue weighted by atomic mass is 9.95. The molecule has 2 amide bonds. The Balaban J connectivity index is 1.69. The molecule has 6 nitrogen and oxygen atoms in total. The number of hydrogen-bond donors (Lipinski definition) is 2. The predicted molar refractivity (Wildman–Crippen MR) is 100 cm³/mol. The first kappa shape index (κ1) is 20.2. The molecule has 1 aliphatic heterocycles. The van der Waals surface area contributed by atoms with Gasteiger partial charge in [-0.25, -0.2) is 0 Å². The summed E-state index contributed by atoms with van der Waals surface area (Å²) in [7, 11) is 0. The van der Waals surface area contributed by atoms with Crippen LogP contribution in [0.3, 0.4) is 0 Å². The Labute approximate surface area is 152 Å². The highest BCUT2D eigenvalue weighted by Gasteiger charge is 2.27. The zero-order valence-electron chi connectivity index (χ0n) is 16.2. The van der Waals surface area contributed by atoms with Gasteiger partial charge in [0.1, 0.15) is 0 Å². The molecule has 0 spiro atoms. The van der Waals surface area contributed by atoms with Crippen LogP contribution >= 0.6 is 0 Å². The van der Waals surface area contributed by atoms with E-state index >= 15 is 0 Å². The van der Waals surface area contributed by atoms with Gasteiger partial charge in [0.15, 0.2) is 0 Å². The van der Waals surface area contributed by atoms with E-state index in [2.05, 4.69) is 27.4 Å². The molecule has 0 bridgehead atoms. The van der Waals surface area contributed by atoms with Gasteiger partial charge < -0.3 is 10.6 Å². The molecule has 1 heterocycles. The van der Waals surface area contributed by atoms with Crippen LogP contribution in [-0.4, -0.2) is 72.5 Å². The number of piperazine rings is 1. The number of carbonyl (C=O) groups is 2. The van der Waals surface area contributed by atoms with E-state index in [1.54, 1.807) is 0 Å². The van der Waals surface area contributed by atoms with Gasteiger partial charge >= 0.3 is 0 Å². The fraction of sp³-hybridized carbons (Fsp3) is 0.895. The lowest BCUT2D eigenvalue weighted by molar-refractivity contribution is -0.128. The summed E-state index contributed by atoms with van der Waals surface area (Å²) in [5.74, 6) is 0.265. The Morgan fingerprint density at radius 1 is 1.04 bits per heavy atom. The molecule has 2 rings (SSSR count). The highest BCUT2D eigenvalue weighted by atomic mass is 16.2. The van der Waals surface area contributed by atoms with Gasteiger partial charge in [0.2, 0.25) is 11.8 Å². The third-order valence-corrected chi connectivity index (χ3v) is 5.67. The average molecular weight is 353 g/mol. The fourth-order valence-electron chi connectivity index (χ4n) is 3.67. The third-order valence-electron chi connectivity index (χ3n) is 5.67. The molecule has 2 atom stereocenters. The first-order valence-electron chi connectivity index (χ1n) is 10.1. The zero-order chi connectivity index (χ0) is 18.2. The summed E-state index contributed by atoms with van der Waals surface area (Å²) < 4.78 is 0. The van der Waals surface area contributed by atoms with Crippen LogP contribution in [0.1, 0.15) is 59.3 Å². The van der Waals surface area contributed by atoms with Crippen molar-refractivity contribution in [2.45, 2.75) is 77.4 Å². The minimum absolute atomic E-state index is 0.0852. The predicted octanol–water partition coefficient (Wildman–Crippen LogP) is 1.36. The maximum atomic E-state index is 12.5. The SMILES string of the molecule is CCC(C)NC(=O)CN1CCN(C(C)C(=O)NC2CCCCC2)CC1. The quantitative estimate of drug-likeness (QED) is 0.726. The molecule has 2 fully saturated rings. The zero-order valence-corrected chi connectivity index (χ0v) is 16.2. The molecule has 0 aromatic carbocycles. The van der Waals surface area contributed by atoms with Crippen molar-refractivity contribution in [2.24, 2.45) is 0 Å². The van der Waals surface area contributed by atoms with Gasteiger partial charge in [0, 0.05) is 38.3 Å². The summed E-state index contributed by atoms with van der Waals surface area (Å²) in [5.41, 5.74) is 0. The lowest BCUT2D eigenvalue weighted by Gasteiger charge is -2.37. The maximum Gasteiger partial charge on any atom is 0.237 e. The number of carbonyl (C=O) groups excluding carboxylic acids is 2. The summed E-state index contributed by atoms with van der Waals surface area (Å²) >= 11 is 0. The lowest BCUT2D eigenvalue weighted by Crippen LogP contribution is -2.56. The van der Waals surface area contributed by atoms with Crippen molar-refractivity contribution >= 4 is 11.8 Å². The van der Waals surface area contributed by atoms with Crippen molar-refractivity contribution in [1.82, 2.24) is 20.4 Å². The second kappa shape index (κ2) is 10.1. The second-order valence-electron chi connectivity index (χ2n) is 7.71. The van der Waals surface area contributed by atoms with Crippen LogP contribution in [0.25, 0.3) is 0 Å². The van der Waals surface area contributed by atoms with E-state index in [0.717, 1.165) is 45.4 Å². The summed E-state index contributed by atoms with van der Waals surface area (Å²) in [6.45, 7) is 9.94. The molecule has 6 heteroatoms. The van der Waals surface area contributed by atoms with E-state index in [-0.39, 0.29) is 23.9 Å². The summed E-state index contributed by atoms with van der Waals surface area (Å²) in [6.07, 6.45) is 6.96. The summed E-state index contributed by atoms with van der Waals surface area (Å²) in [5, 5.41) is 6.25. The monoisotopic (exact) mass is 352 g/mol. The van der Waals surface area contributed by atoms with Crippen molar-refractivity contribution in [3.8, 4) is 0 Å². The molecule has 2 unspecified atom stereocenters. The highest BCUT2D eigenvalue weighted by Crippen LogP contribution is 2.18. The van der Waals surface area contributed by atoms with E-state index in [0.29, 0.717) is 12.6 Å². The Hall–Kier alpha value is -1.14. The van der Waals surface area contributed by atoms with Crippen molar-refractivity contribution in [3.05, 3.63) is 0 Å². The van der Waals surface area contributed by atoms with Crippen LogP contribution in [0.5, 0.6) is 0 Å². The number of nitrogens with zero attached hydrogens (tertiary/aromatic N) is 2. The second-order valence-corrected chi connectivity index (χ2v) is 7.71. The van der Waals surface area contributed by atoms with Crippen molar-refractivity contribution in [2.75, 3.05) is 32.7 Å². The van der Waals surface area contributed by atoms with E-state index in [9.17, 15) is 9.59 Å². The van der Waals surface area contributed by atoms with Crippen LogP contribution in [-0.2, 0) is 9.59 Å². The van der Waals surface area contributed by atoms with Gasteiger partial charge in [0.25, 0.3) is 0 Å². The summed E-state index contributed by atoms with van der Waals surface area (Å²) in [6, 6.07) is 0.518. The molecular weight excluding hydrogens is 316 g/mol. The molecule has 2 N–H and O–H groups in total. The van der Waals surface area contributed by atoms with Gasteiger partial charge in [-0.05, 0) is 33.1 Å². The van der Waals surface area contributed by atoms with Crippen molar-refractivity contribution in [1.29, 1.82) is 0 Å². The minimum atomic E-state index is -0.0852. The normalized spacial score (nSPS) is 23.0. The third kappa shape index (κ3) is 6.59. The van der Waals surface area contributed by atoms with E-state index in [4.69, 9.17) is 0 Å². The minimum Gasteiger partial charge on any atom is -0.353 e. The average Bonchev–Trinajstić information content (AvgIpc) is 2.62. The van der Waals surface area contributed by atoms with Crippen molar-refractivity contribution < 1.29 is 9.59 Å². The number of rotatable bonds is 7. The molecule has 0 aromatic rings. The molecule has 144 valence electrons.